The molecule has 0 aliphatic rings. The highest BCUT2D eigenvalue weighted by molar-refractivity contribution is 5.88. The van der Waals surface area contributed by atoms with E-state index in [0.29, 0.717) is 12.4 Å². The Labute approximate surface area is 136 Å². The molecule has 1 aromatic carbocycles. The second kappa shape index (κ2) is 8.03. The molecular formula is C17H22N4O2. The van der Waals surface area contributed by atoms with Gasteiger partial charge in [0, 0.05) is 18.2 Å². The first-order valence-electron chi connectivity index (χ1n) is 7.48. The zero-order valence-electron chi connectivity index (χ0n) is 13.6. The van der Waals surface area contributed by atoms with Crippen molar-refractivity contribution >= 4 is 17.5 Å². The standard InChI is InChI=1S/C17H22N4O2/c1-12(2)20-17(22)21-16-9-8-14(11-19-16)18-10-13-6-4-5-7-15(13)23-3/h4-9,11-12,18H,10H2,1-3H3,(H2,19,20,21,22). The Morgan fingerprint density at radius 2 is 2.00 bits per heavy atom. The van der Waals surface area contributed by atoms with E-state index >= 15 is 0 Å². The minimum absolute atomic E-state index is 0.0804. The van der Waals surface area contributed by atoms with Gasteiger partial charge in [-0.15, -0.1) is 0 Å². The van der Waals surface area contributed by atoms with E-state index in [-0.39, 0.29) is 12.1 Å². The van der Waals surface area contributed by atoms with Crippen LogP contribution in [0.5, 0.6) is 5.75 Å². The minimum Gasteiger partial charge on any atom is -0.496 e. The molecule has 6 nitrogen and oxygen atoms in total. The number of benzene rings is 1. The summed E-state index contributed by atoms with van der Waals surface area (Å²) in [7, 11) is 1.66. The van der Waals surface area contributed by atoms with Gasteiger partial charge in [0.2, 0.25) is 0 Å². The number of carbonyl (C=O) groups excluding carboxylic acids is 1. The highest BCUT2D eigenvalue weighted by Crippen LogP contribution is 2.19. The topological polar surface area (TPSA) is 75.3 Å². The molecule has 2 aromatic rings. The summed E-state index contributed by atoms with van der Waals surface area (Å²) in [5.74, 6) is 1.35. The molecule has 0 saturated carbocycles. The van der Waals surface area contributed by atoms with Crippen LogP contribution in [0.1, 0.15) is 19.4 Å². The molecule has 1 aromatic heterocycles. The van der Waals surface area contributed by atoms with Crippen molar-refractivity contribution < 1.29 is 9.53 Å². The number of urea groups is 1. The van der Waals surface area contributed by atoms with Crippen molar-refractivity contribution in [1.82, 2.24) is 10.3 Å². The number of amides is 2. The van der Waals surface area contributed by atoms with Crippen molar-refractivity contribution in [3.05, 3.63) is 48.2 Å². The molecule has 0 aliphatic heterocycles. The molecule has 1 heterocycles. The summed E-state index contributed by atoms with van der Waals surface area (Å²) in [5.41, 5.74) is 1.93. The van der Waals surface area contributed by atoms with Gasteiger partial charge in [0.1, 0.15) is 11.6 Å². The number of para-hydroxylation sites is 1. The lowest BCUT2D eigenvalue weighted by molar-refractivity contribution is 0.250. The average molecular weight is 314 g/mol. The molecule has 0 unspecified atom stereocenters. The Hall–Kier alpha value is -2.76. The van der Waals surface area contributed by atoms with Gasteiger partial charge in [0.15, 0.2) is 0 Å². The first-order valence-corrected chi connectivity index (χ1v) is 7.48. The summed E-state index contributed by atoms with van der Waals surface area (Å²) in [4.78, 5) is 15.8. The number of anilines is 2. The number of methoxy groups -OCH3 is 1. The zero-order valence-corrected chi connectivity index (χ0v) is 13.6. The molecule has 2 rings (SSSR count). The van der Waals surface area contributed by atoms with E-state index in [2.05, 4.69) is 20.9 Å². The molecule has 6 heteroatoms. The molecular weight excluding hydrogens is 292 g/mol. The fourth-order valence-electron chi connectivity index (χ4n) is 2.03. The molecule has 2 amide bonds. The SMILES string of the molecule is COc1ccccc1CNc1ccc(NC(=O)NC(C)C)nc1. The Balaban J connectivity index is 1.91. The van der Waals surface area contributed by atoms with Crippen molar-refractivity contribution in [3.8, 4) is 5.75 Å². The predicted molar refractivity (Wildman–Crippen MR) is 91.8 cm³/mol. The fourth-order valence-corrected chi connectivity index (χ4v) is 2.03. The Kier molecular flexibility index (Phi) is 5.80. The maximum Gasteiger partial charge on any atom is 0.320 e. The summed E-state index contributed by atoms with van der Waals surface area (Å²) in [6.07, 6.45) is 1.68. The fraction of sp³-hybridized carbons (Fsp3) is 0.294. The number of carbonyl (C=O) groups is 1. The number of ether oxygens (including phenoxy) is 1. The number of pyridine rings is 1. The maximum absolute atomic E-state index is 11.6. The van der Waals surface area contributed by atoms with Crippen molar-refractivity contribution in [3.63, 3.8) is 0 Å². The van der Waals surface area contributed by atoms with Crippen molar-refractivity contribution in [1.29, 1.82) is 0 Å². The molecule has 122 valence electrons. The third kappa shape index (κ3) is 5.18. The number of nitrogens with one attached hydrogen (secondary N) is 3. The van der Waals surface area contributed by atoms with Crippen LogP contribution in [0.2, 0.25) is 0 Å². The van der Waals surface area contributed by atoms with Crippen LogP contribution in [-0.2, 0) is 6.54 Å². The van der Waals surface area contributed by atoms with Crippen LogP contribution < -0.4 is 20.7 Å². The van der Waals surface area contributed by atoms with Gasteiger partial charge in [-0.3, -0.25) is 5.32 Å². The van der Waals surface area contributed by atoms with Crippen LogP contribution >= 0.6 is 0 Å². The largest absolute Gasteiger partial charge is 0.496 e. The molecule has 23 heavy (non-hydrogen) atoms. The second-order valence-electron chi connectivity index (χ2n) is 5.35. The van der Waals surface area contributed by atoms with Gasteiger partial charge >= 0.3 is 6.03 Å². The van der Waals surface area contributed by atoms with Gasteiger partial charge in [-0.2, -0.15) is 0 Å². The Bertz CT molecular complexity index is 641. The first kappa shape index (κ1) is 16.6. The lowest BCUT2D eigenvalue weighted by Gasteiger charge is -2.11. The van der Waals surface area contributed by atoms with Crippen molar-refractivity contribution in [2.45, 2.75) is 26.4 Å². The van der Waals surface area contributed by atoms with E-state index in [1.165, 1.54) is 0 Å². The average Bonchev–Trinajstić information content (AvgIpc) is 2.53. The van der Waals surface area contributed by atoms with E-state index < -0.39 is 0 Å². The van der Waals surface area contributed by atoms with Crippen LogP contribution in [0.15, 0.2) is 42.6 Å². The van der Waals surface area contributed by atoms with Crippen molar-refractivity contribution in [2.24, 2.45) is 0 Å². The Morgan fingerprint density at radius 3 is 2.65 bits per heavy atom. The molecule has 0 bridgehead atoms. The number of hydrogen-bond donors (Lipinski definition) is 3. The van der Waals surface area contributed by atoms with Crippen LogP contribution in [0.3, 0.4) is 0 Å². The normalized spacial score (nSPS) is 10.3. The smallest absolute Gasteiger partial charge is 0.320 e. The molecule has 0 spiro atoms. The van der Waals surface area contributed by atoms with Gasteiger partial charge in [0.25, 0.3) is 0 Å². The van der Waals surface area contributed by atoms with Gasteiger partial charge < -0.3 is 15.4 Å². The van der Waals surface area contributed by atoms with E-state index in [0.717, 1.165) is 17.0 Å². The molecule has 0 radical (unpaired) electrons. The first-order chi connectivity index (χ1) is 11.1. The third-order valence-electron chi connectivity index (χ3n) is 3.10. The van der Waals surface area contributed by atoms with E-state index in [1.807, 2.05) is 44.2 Å². The second-order valence-corrected chi connectivity index (χ2v) is 5.35. The molecule has 0 aliphatic carbocycles. The Morgan fingerprint density at radius 1 is 1.22 bits per heavy atom. The monoisotopic (exact) mass is 314 g/mol. The number of rotatable bonds is 6. The number of nitrogens with zero attached hydrogens (tertiary/aromatic N) is 1. The number of hydrogen-bond acceptors (Lipinski definition) is 4. The molecule has 3 N–H and O–H groups in total. The summed E-state index contributed by atoms with van der Waals surface area (Å²) < 4.78 is 5.32. The molecule has 0 fully saturated rings. The number of aromatic nitrogens is 1. The van der Waals surface area contributed by atoms with Crippen LogP contribution in [0.25, 0.3) is 0 Å². The quantitative estimate of drug-likeness (QED) is 0.765. The van der Waals surface area contributed by atoms with Gasteiger partial charge in [-0.05, 0) is 32.0 Å². The summed E-state index contributed by atoms with van der Waals surface area (Å²) >= 11 is 0. The lowest BCUT2D eigenvalue weighted by atomic mass is 10.2. The van der Waals surface area contributed by atoms with Gasteiger partial charge in [-0.25, -0.2) is 9.78 Å². The molecule has 0 saturated heterocycles. The highest BCUT2D eigenvalue weighted by Gasteiger charge is 2.05. The van der Waals surface area contributed by atoms with Crippen LogP contribution in [0, 0.1) is 0 Å². The van der Waals surface area contributed by atoms with E-state index in [1.54, 1.807) is 19.4 Å². The minimum atomic E-state index is -0.262. The molecule has 0 atom stereocenters. The van der Waals surface area contributed by atoms with Crippen LogP contribution in [0.4, 0.5) is 16.3 Å². The predicted octanol–water partition coefficient (Wildman–Crippen LogP) is 3.23. The lowest BCUT2D eigenvalue weighted by Crippen LogP contribution is -2.34. The maximum atomic E-state index is 11.6. The van der Waals surface area contributed by atoms with Crippen LogP contribution in [-0.4, -0.2) is 24.2 Å². The van der Waals surface area contributed by atoms with Gasteiger partial charge in [-0.1, -0.05) is 18.2 Å². The summed E-state index contributed by atoms with van der Waals surface area (Å²) in [6, 6.07) is 11.3. The summed E-state index contributed by atoms with van der Waals surface area (Å²) in [5, 5.41) is 8.71. The van der Waals surface area contributed by atoms with Gasteiger partial charge in [0.05, 0.1) is 19.0 Å². The van der Waals surface area contributed by atoms with E-state index in [4.69, 9.17) is 4.74 Å². The van der Waals surface area contributed by atoms with Crippen molar-refractivity contribution in [2.75, 3.05) is 17.7 Å². The zero-order chi connectivity index (χ0) is 16.7. The highest BCUT2D eigenvalue weighted by atomic mass is 16.5. The van der Waals surface area contributed by atoms with E-state index in [9.17, 15) is 4.79 Å². The summed E-state index contributed by atoms with van der Waals surface area (Å²) in [6.45, 7) is 4.43. The third-order valence-corrected chi connectivity index (χ3v) is 3.10.